The van der Waals surface area contributed by atoms with E-state index in [9.17, 15) is 22.2 Å². The lowest BCUT2D eigenvalue weighted by molar-refractivity contribution is -0.128. The van der Waals surface area contributed by atoms with Crippen LogP contribution in [0.5, 0.6) is 0 Å². The Morgan fingerprint density at radius 3 is 2.65 bits per heavy atom. The van der Waals surface area contributed by atoms with Gasteiger partial charge in [-0.25, -0.2) is 0 Å². The summed E-state index contributed by atoms with van der Waals surface area (Å²) >= 11 is 6.02. The average Bonchev–Trinajstić information content (AvgIpc) is 3.12. The Labute approximate surface area is 184 Å². The fourth-order valence-corrected chi connectivity index (χ4v) is 5.59. The molecule has 11 heteroatoms. The Bertz CT molecular complexity index is 1340. The number of amides is 2. The van der Waals surface area contributed by atoms with E-state index in [1.54, 1.807) is 24.3 Å². The molecule has 0 saturated heterocycles. The van der Waals surface area contributed by atoms with Crippen LogP contribution in [0.4, 0.5) is 5.69 Å². The minimum absolute atomic E-state index is 0.0125. The van der Waals surface area contributed by atoms with Crippen molar-refractivity contribution in [3.05, 3.63) is 65.2 Å². The number of hydrogen-bond acceptors (Lipinski definition) is 6. The largest absolute Gasteiger partial charge is 0.443 e. The number of rotatable bonds is 6. The number of sulfonamides is 1. The number of hydrogen-bond donors (Lipinski definition) is 2. The number of fused-ring (bicyclic) bond motifs is 1. The molecule has 0 saturated carbocycles. The van der Waals surface area contributed by atoms with Gasteiger partial charge in [-0.3, -0.25) is 23.8 Å². The van der Waals surface area contributed by atoms with Crippen molar-refractivity contribution in [1.82, 2.24) is 5.32 Å². The highest BCUT2D eigenvalue weighted by atomic mass is 35.5. The summed E-state index contributed by atoms with van der Waals surface area (Å²) in [6.07, 6.45) is 1.15. The summed E-state index contributed by atoms with van der Waals surface area (Å²) in [7, 11) is -5.89. The van der Waals surface area contributed by atoms with Gasteiger partial charge in [0.05, 0.1) is 27.1 Å². The molecule has 8 nitrogen and oxygen atoms in total. The number of carbonyl (C=O) groups excluding carboxylic acids is 2. The standard InChI is InChI=1S/C20H15ClN2O6S2/c21-14-5-6-17(30(26)11-12-7-18(24)22-19(25)8-12)15(10-14)23-31(27,28)20-9-13-3-1-2-4-16(13)29-20/h1-7,9-10,23H,8,11H2,(H,22,24,25). The van der Waals surface area contributed by atoms with Crippen LogP contribution in [0, 0.1) is 0 Å². The Morgan fingerprint density at radius 2 is 1.90 bits per heavy atom. The molecule has 31 heavy (non-hydrogen) atoms. The second-order valence-corrected chi connectivity index (χ2v) is 10.2. The average molecular weight is 479 g/mol. The van der Waals surface area contributed by atoms with E-state index in [2.05, 4.69) is 10.0 Å². The molecule has 1 aliphatic rings. The highest BCUT2D eigenvalue weighted by Crippen LogP contribution is 2.29. The molecule has 2 aromatic carbocycles. The van der Waals surface area contributed by atoms with Gasteiger partial charge in [0.1, 0.15) is 5.58 Å². The molecule has 2 amide bonds. The second-order valence-electron chi connectivity index (χ2n) is 6.73. The predicted octanol–water partition coefficient (Wildman–Crippen LogP) is 2.97. The lowest BCUT2D eigenvalue weighted by Gasteiger charge is -2.15. The number of furan rings is 1. The molecule has 0 radical (unpaired) electrons. The summed E-state index contributed by atoms with van der Waals surface area (Å²) in [5.41, 5.74) is 0.802. The maximum absolute atomic E-state index is 12.9. The van der Waals surface area contributed by atoms with Crippen molar-refractivity contribution in [2.75, 3.05) is 10.5 Å². The molecule has 0 spiro atoms. The molecule has 0 bridgehead atoms. The Morgan fingerprint density at radius 1 is 1.13 bits per heavy atom. The van der Waals surface area contributed by atoms with Gasteiger partial charge in [0.2, 0.25) is 11.0 Å². The lowest BCUT2D eigenvalue weighted by Crippen LogP contribution is -2.33. The fraction of sp³-hybridized carbons (Fsp3) is 0.100. The molecule has 1 aliphatic heterocycles. The number of halogens is 1. The van der Waals surface area contributed by atoms with Crippen molar-refractivity contribution in [3.63, 3.8) is 0 Å². The van der Waals surface area contributed by atoms with E-state index in [4.69, 9.17) is 16.0 Å². The Hall–Kier alpha value is -2.95. The van der Waals surface area contributed by atoms with Gasteiger partial charge in [-0.15, -0.1) is 0 Å². The third-order valence-corrected chi connectivity index (χ3v) is 7.34. The number of anilines is 1. The van der Waals surface area contributed by atoms with Crippen LogP contribution in [0.2, 0.25) is 5.02 Å². The van der Waals surface area contributed by atoms with E-state index in [0.717, 1.165) is 0 Å². The van der Waals surface area contributed by atoms with E-state index in [1.165, 1.54) is 30.3 Å². The van der Waals surface area contributed by atoms with Gasteiger partial charge >= 0.3 is 0 Å². The first-order valence-electron chi connectivity index (χ1n) is 8.94. The third kappa shape index (κ3) is 4.71. The monoisotopic (exact) mass is 478 g/mol. The van der Waals surface area contributed by atoms with Crippen LogP contribution in [0.1, 0.15) is 6.42 Å². The molecule has 1 unspecified atom stereocenters. The Kier molecular flexibility index (Phi) is 5.69. The molecular weight excluding hydrogens is 464 g/mol. The van der Waals surface area contributed by atoms with Crippen LogP contribution in [-0.4, -0.2) is 30.2 Å². The van der Waals surface area contributed by atoms with Crippen LogP contribution in [-0.2, 0) is 30.4 Å². The third-order valence-electron chi connectivity index (χ3n) is 4.40. The summed E-state index contributed by atoms with van der Waals surface area (Å²) in [6, 6.07) is 12.5. The van der Waals surface area contributed by atoms with E-state index in [1.807, 2.05) is 0 Å². The van der Waals surface area contributed by atoms with E-state index in [0.29, 0.717) is 16.5 Å². The first kappa shape index (κ1) is 21.3. The molecular formula is C20H15ClN2O6S2. The van der Waals surface area contributed by atoms with Gasteiger partial charge in [0.25, 0.3) is 15.9 Å². The van der Waals surface area contributed by atoms with Gasteiger partial charge in [-0.1, -0.05) is 29.8 Å². The van der Waals surface area contributed by atoms with Crippen LogP contribution < -0.4 is 10.0 Å². The molecule has 1 atom stereocenters. The molecule has 0 fully saturated rings. The first-order chi connectivity index (χ1) is 14.7. The van der Waals surface area contributed by atoms with Crippen molar-refractivity contribution in [2.24, 2.45) is 0 Å². The lowest BCUT2D eigenvalue weighted by atomic mass is 10.1. The SMILES string of the molecule is O=C1C=C(CS(=O)c2ccc(Cl)cc2NS(=O)(=O)c2cc3ccccc3o2)CC(=O)N1. The summed E-state index contributed by atoms with van der Waals surface area (Å²) < 4.78 is 46.5. The minimum Gasteiger partial charge on any atom is -0.443 e. The smallest absolute Gasteiger partial charge is 0.295 e. The highest BCUT2D eigenvalue weighted by molar-refractivity contribution is 7.92. The quantitative estimate of drug-likeness (QED) is 0.525. The molecule has 2 heterocycles. The van der Waals surface area contributed by atoms with Gasteiger partial charge < -0.3 is 4.42 Å². The number of imide groups is 1. The van der Waals surface area contributed by atoms with Gasteiger partial charge in [-0.2, -0.15) is 8.42 Å². The van der Waals surface area contributed by atoms with Crippen molar-refractivity contribution in [2.45, 2.75) is 16.4 Å². The molecule has 1 aromatic heterocycles. The molecule has 0 aliphatic carbocycles. The van der Waals surface area contributed by atoms with Crippen molar-refractivity contribution in [3.8, 4) is 0 Å². The summed E-state index contributed by atoms with van der Waals surface area (Å²) in [5.74, 6) is -1.17. The topological polar surface area (TPSA) is 123 Å². The maximum Gasteiger partial charge on any atom is 0.295 e. The van der Waals surface area contributed by atoms with Crippen molar-refractivity contribution >= 4 is 60.9 Å². The number of carbonyl (C=O) groups is 2. The van der Waals surface area contributed by atoms with E-state index < -0.39 is 32.6 Å². The molecule has 4 rings (SSSR count). The van der Waals surface area contributed by atoms with Gasteiger partial charge in [0, 0.05) is 29.0 Å². The van der Waals surface area contributed by atoms with Crippen LogP contribution >= 0.6 is 11.6 Å². The summed E-state index contributed by atoms with van der Waals surface area (Å²) in [4.78, 5) is 23.2. The van der Waals surface area contributed by atoms with Crippen molar-refractivity contribution < 1.29 is 26.6 Å². The highest BCUT2D eigenvalue weighted by Gasteiger charge is 2.24. The zero-order valence-corrected chi connectivity index (χ0v) is 18.1. The van der Waals surface area contributed by atoms with Crippen LogP contribution in [0.3, 0.4) is 0 Å². The molecule has 2 N–H and O–H groups in total. The number of nitrogens with one attached hydrogen (secondary N) is 2. The predicted molar refractivity (Wildman–Crippen MR) is 116 cm³/mol. The van der Waals surface area contributed by atoms with Crippen LogP contribution in [0.25, 0.3) is 11.0 Å². The zero-order chi connectivity index (χ0) is 22.2. The summed E-state index contributed by atoms with van der Waals surface area (Å²) in [5, 5.41) is 2.67. The summed E-state index contributed by atoms with van der Waals surface area (Å²) in [6.45, 7) is 0. The maximum atomic E-state index is 12.9. The minimum atomic E-state index is -4.14. The molecule has 160 valence electrons. The van der Waals surface area contributed by atoms with E-state index >= 15 is 0 Å². The van der Waals surface area contributed by atoms with Gasteiger partial charge in [0.15, 0.2) is 0 Å². The number of benzene rings is 2. The van der Waals surface area contributed by atoms with E-state index in [-0.39, 0.29) is 32.9 Å². The van der Waals surface area contributed by atoms with Gasteiger partial charge in [-0.05, 0) is 29.8 Å². The second kappa shape index (κ2) is 8.29. The fourth-order valence-electron chi connectivity index (χ4n) is 3.06. The first-order valence-corrected chi connectivity index (χ1v) is 12.1. The van der Waals surface area contributed by atoms with Crippen molar-refractivity contribution in [1.29, 1.82) is 0 Å². The normalized spacial score (nSPS) is 15.5. The molecule has 3 aromatic rings. The Balaban J connectivity index is 1.64. The zero-order valence-electron chi connectivity index (χ0n) is 15.8. The van der Waals surface area contributed by atoms with Crippen LogP contribution in [0.15, 0.2) is 74.6 Å². The number of para-hydroxylation sites is 1.